The molecule has 0 aliphatic heterocycles. The van der Waals surface area contributed by atoms with E-state index in [1.54, 1.807) is 12.1 Å². The summed E-state index contributed by atoms with van der Waals surface area (Å²) in [5.41, 5.74) is 0.669. The van der Waals surface area contributed by atoms with E-state index in [-0.39, 0.29) is 0 Å². The second-order valence-electron chi connectivity index (χ2n) is 5.22. The first-order chi connectivity index (χ1) is 8.69. The van der Waals surface area contributed by atoms with Gasteiger partial charge in [-0.3, -0.25) is 0 Å². The highest BCUT2D eigenvalue weighted by Gasteiger charge is 2.32. The van der Waals surface area contributed by atoms with Gasteiger partial charge in [-0.2, -0.15) is 5.26 Å². The van der Waals surface area contributed by atoms with Crippen molar-refractivity contribution < 1.29 is 4.74 Å². The number of rotatable bonds is 6. The lowest BCUT2D eigenvalue weighted by molar-refractivity contribution is 0.230. The van der Waals surface area contributed by atoms with Crippen LogP contribution in [-0.4, -0.2) is 31.6 Å². The Bertz CT molecular complexity index is 421. The third-order valence-electron chi connectivity index (χ3n) is 3.55. The maximum Gasteiger partial charge on any atom is 0.119 e. The zero-order chi connectivity index (χ0) is 13.0. The molecule has 1 aromatic carbocycles. The number of benzene rings is 1. The first-order valence-corrected chi connectivity index (χ1v) is 6.50. The first kappa shape index (κ1) is 12.9. The minimum atomic E-state index is 0.669. The molecule has 3 nitrogen and oxygen atoms in total. The molecule has 2 rings (SSSR count). The average molecular weight is 244 g/mol. The predicted molar refractivity (Wildman–Crippen MR) is 71.4 cm³/mol. The van der Waals surface area contributed by atoms with Gasteiger partial charge < -0.3 is 9.64 Å². The van der Waals surface area contributed by atoms with E-state index in [0.717, 1.165) is 24.1 Å². The van der Waals surface area contributed by atoms with E-state index < -0.39 is 0 Å². The Morgan fingerprint density at radius 3 is 2.61 bits per heavy atom. The Labute approximate surface area is 109 Å². The molecule has 0 radical (unpaired) electrons. The summed E-state index contributed by atoms with van der Waals surface area (Å²) < 4.78 is 5.65. The zero-order valence-corrected chi connectivity index (χ0v) is 11.1. The van der Waals surface area contributed by atoms with Crippen molar-refractivity contribution in [1.29, 1.82) is 5.26 Å². The van der Waals surface area contributed by atoms with Gasteiger partial charge in [0.2, 0.25) is 0 Å². The molecule has 0 bridgehead atoms. The summed E-state index contributed by atoms with van der Waals surface area (Å²) in [6.07, 6.45) is 1.38. The van der Waals surface area contributed by atoms with Gasteiger partial charge in [-0.1, -0.05) is 6.92 Å². The molecule has 0 heterocycles. The van der Waals surface area contributed by atoms with Crippen LogP contribution < -0.4 is 4.74 Å². The molecule has 1 aliphatic rings. The molecular weight excluding hydrogens is 224 g/mol. The van der Waals surface area contributed by atoms with Crippen LogP contribution >= 0.6 is 0 Å². The second-order valence-corrected chi connectivity index (χ2v) is 5.22. The number of hydrogen-bond acceptors (Lipinski definition) is 3. The van der Waals surface area contributed by atoms with Crippen molar-refractivity contribution in [1.82, 2.24) is 4.90 Å². The fourth-order valence-electron chi connectivity index (χ4n) is 2.09. The SMILES string of the molecule is CC1CC1CN(C)CCOc1ccc(C#N)cc1. The van der Waals surface area contributed by atoms with Crippen LogP contribution in [0.4, 0.5) is 0 Å². The summed E-state index contributed by atoms with van der Waals surface area (Å²) in [4.78, 5) is 2.33. The maximum absolute atomic E-state index is 8.69. The topological polar surface area (TPSA) is 36.3 Å². The molecule has 3 heteroatoms. The Kier molecular flexibility index (Phi) is 4.22. The number of ether oxygens (including phenoxy) is 1. The van der Waals surface area contributed by atoms with Crippen LogP contribution in [-0.2, 0) is 0 Å². The van der Waals surface area contributed by atoms with Crippen molar-refractivity contribution in [3.05, 3.63) is 29.8 Å². The van der Waals surface area contributed by atoms with Gasteiger partial charge in [-0.05, 0) is 49.6 Å². The van der Waals surface area contributed by atoms with Crippen molar-refractivity contribution in [2.75, 3.05) is 26.7 Å². The number of hydrogen-bond donors (Lipinski definition) is 0. The van der Waals surface area contributed by atoms with Crippen molar-refractivity contribution in [2.24, 2.45) is 11.8 Å². The van der Waals surface area contributed by atoms with Gasteiger partial charge in [-0.15, -0.1) is 0 Å². The largest absolute Gasteiger partial charge is 0.492 e. The number of likely N-dealkylation sites (N-methyl/N-ethyl adjacent to an activating group) is 1. The highest BCUT2D eigenvalue weighted by molar-refractivity contribution is 5.34. The van der Waals surface area contributed by atoms with Crippen LogP contribution in [0.3, 0.4) is 0 Å². The van der Waals surface area contributed by atoms with Crippen molar-refractivity contribution in [3.63, 3.8) is 0 Å². The lowest BCUT2D eigenvalue weighted by atomic mass is 10.2. The van der Waals surface area contributed by atoms with Crippen LogP contribution in [0, 0.1) is 23.2 Å². The minimum absolute atomic E-state index is 0.669. The summed E-state index contributed by atoms with van der Waals surface area (Å²) in [7, 11) is 2.15. The lowest BCUT2D eigenvalue weighted by Crippen LogP contribution is -2.26. The van der Waals surface area contributed by atoms with Gasteiger partial charge >= 0.3 is 0 Å². The minimum Gasteiger partial charge on any atom is -0.492 e. The molecule has 0 spiro atoms. The summed E-state index contributed by atoms with van der Waals surface area (Å²) in [5.74, 6) is 2.64. The van der Waals surface area contributed by atoms with Crippen LogP contribution in [0.1, 0.15) is 18.9 Å². The van der Waals surface area contributed by atoms with Gasteiger partial charge in [-0.25, -0.2) is 0 Å². The summed E-state index contributed by atoms with van der Waals surface area (Å²) >= 11 is 0. The van der Waals surface area contributed by atoms with Gasteiger partial charge in [0.25, 0.3) is 0 Å². The number of nitrogens with zero attached hydrogens (tertiary/aromatic N) is 2. The fourth-order valence-corrected chi connectivity index (χ4v) is 2.09. The third-order valence-corrected chi connectivity index (χ3v) is 3.55. The highest BCUT2D eigenvalue weighted by atomic mass is 16.5. The molecule has 0 aromatic heterocycles. The Morgan fingerprint density at radius 2 is 2.06 bits per heavy atom. The summed E-state index contributed by atoms with van der Waals surface area (Å²) in [6, 6.07) is 9.36. The first-order valence-electron chi connectivity index (χ1n) is 6.50. The molecule has 1 fully saturated rings. The lowest BCUT2D eigenvalue weighted by Gasteiger charge is -2.16. The Hall–Kier alpha value is -1.53. The second kappa shape index (κ2) is 5.88. The van der Waals surface area contributed by atoms with Crippen LogP contribution in [0.15, 0.2) is 24.3 Å². The summed E-state index contributed by atoms with van der Waals surface area (Å²) in [5, 5.41) is 8.69. The van der Waals surface area contributed by atoms with E-state index in [9.17, 15) is 0 Å². The molecule has 1 aromatic rings. The molecule has 2 atom stereocenters. The molecule has 96 valence electrons. The number of nitriles is 1. The molecule has 0 saturated heterocycles. The monoisotopic (exact) mass is 244 g/mol. The maximum atomic E-state index is 8.69. The smallest absolute Gasteiger partial charge is 0.119 e. The molecule has 1 saturated carbocycles. The van der Waals surface area contributed by atoms with Crippen LogP contribution in [0.25, 0.3) is 0 Å². The van der Waals surface area contributed by atoms with Crippen LogP contribution in [0.5, 0.6) is 5.75 Å². The van der Waals surface area contributed by atoms with E-state index in [1.807, 2.05) is 12.1 Å². The Morgan fingerprint density at radius 1 is 1.39 bits per heavy atom. The standard InChI is InChI=1S/C15H20N2O/c1-12-9-14(12)11-17(2)7-8-18-15-5-3-13(10-16)4-6-15/h3-6,12,14H,7-9,11H2,1-2H3. The van der Waals surface area contributed by atoms with E-state index in [4.69, 9.17) is 10.00 Å². The van der Waals surface area contributed by atoms with E-state index in [1.165, 1.54) is 13.0 Å². The van der Waals surface area contributed by atoms with Crippen molar-refractivity contribution >= 4 is 0 Å². The van der Waals surface area contributed by atoms with E-state index >= 15 is 0 Å². The zero-order valence-electron chi connectivity index (χ0n) is 11.1. The Balaban J connectivity index is 1.66. The van der Waals surface area contributed by atoms with Crippen LogP contribution in [0.2, 0.25) is 0 Å². The quantitative estimate of drug-likeness (QED) is 0.771. The molecular formula is C15H20N2O. The van der Waals surface area contributed by atoms with E-state index in [2.05, 4.69) is 24.9 Å². The predicted octanol–water partition coefficient (Wildman–Crippen LogP) is 2.52. The van der Waals surface area contributed by atoms with Gasteiger partial charge in [0, 0.05) is 13.1 Å². The summed E-state index contributed by atoms with van der Waals surface area (Å²) in [6.45, 7) is 5.14. The molecule has 1 aliphatic carbocycles. The van der Waals surface area contributed by atoms with Gasteiger partial charge in [0.05, 0.1) is 11.6 Å². The molecule has 2 unspecified atom stereocenters. The average Bonchev–Trinajstić information content (AvgIpc) is 3.05. The van der Waals surface area contributed by atoms with E-state index in [0.29, 0.717) is 12.2 Å². The van der Waals surface area contributed by atoms with Crippen molar-refractivity contribution in [2.45, 2.75) is 13.3 Å². The normalized spacial score (nSPS) is 21.7. The highest BCUT2D eigenvalue weighted by Crippen LogP contribution is 2.37. The fraction of sp³-hybridized carbons (Fsp3) is 0.533. The van der Waals surface area contributed by atoms with Crippen molar-refractivity contribution in [3.8, 4) is 11.8 Å². The molecule has 0 amide bonds. The van der Waals surface area contributed by atoms with Gasteiger partial charge in [0.15, 0.2) is 0 Å². The third kappa shape index (κ3) is 3.75. The molecule has 18 heavy (non-hydrogen) atoms. The molecule has 0 N–H and O–H groups in total. The van der Waals surface area contributed by atoms with Gasteiger partial charge in [0.1, 0.15) is 12.4 Å².